The zero-order valence-corrected chi connectivity index (χ0v) is 19.4. The van der Waals surface area contributed by atoms with Crippen LogP contribution in [0.3, 0.4) is 0 Å². The molecule has 0 bridgehead atoms. The van der Waals surface area contributed by atoms with Crippen molar-refractivity contribution >= 4 is 41.0 Å². The predicted molar refractivity (Wildman–Crippen MR) is 114 cm³/mol. The van der Waals surface area contributed by atoms with Gasteiger partial charge in [-0.2, -0.15) is 0 Å². The minimum atomic E-state index is -1.02. The quantitative estimate of drug-likeness (QED) is 0.291. The predicted octanol–water partition coefficient (Wildman–Crippen LogP) is 3.18. The first-order valence-corrected chi connectivity index (χ1v) is 11.3. The van der Waals surface area contributed by atoms with Crippen molar-refractivity contribution in [3.63, 3.8) is 0 Å². The third-order valence-corrected chi connectivity index (χ3v) is 9.12. The van der Waals surface area contributed by atoms with Gasteiger partial charge in [-0.05, 0) is 47.5 Å². The van der Waals surface area contributed by atoms with Crippen molar-refractivity contribution in [1.82, 2.24) is 5.32 Å². The Kier molecular flexibility index (Phi) is 6.36. The van der Waals surface area contributed by atoms with Gasteiger partial charge in [-0.25, -0.2) is 0 Å². The van der Waals surface area contributed by atoms with Gasteiger partial charge < -0.3 is 9.84 Å². The summed E-state index contributed by atoms with van der Waals surface area (Å²) in [6.07, 6.45) is -0.0921. The number of halogens is 2. The second-order valence-corrected chi connectivity index (χ2v) is 11.0. The lowest BCUT2D eigenvalue weighted by Crippen LogP contribution is -2.60. The Hall–Kier alpha value is -1.11. The molecule has 0 aromatic heterocycles. The molecular weight excluding hydrogens is 429 g/mol. The van der Waals surface area contributed by atoms with E-state index in [1.165, 1.54) is 6.92 Å². The number of esters is 1. The summed E-state index contributed by atoms with van der Waals surface area (Å²) in [4.78, 5) is 35.4. The number of aliphatic hydroxyl groups is 1. The highest BCUT2D eigenvalue weighted by molar-refractivity contribution is 6.30. The number of hydrogen-bond acceptors (Lipinski definition) is 5. The van der Waals surface area contributed by atoms with Crippen molar-refractivity contribution in [2.75, 3.05) is 0 Å². The number of ether oxygens (including phenoxy) is 1. The van der Waals surface area contributed by atoms with E-state index in [9.17, 15) is 19.5 Å². The lowest BCUT2D eigenvalue weighted by Gasteiger charge is -2.62. The molecule has 0 aromatic rings. The van der Waals surface area contributed by atoms with Crippen LogP contribution in [0.4, 0.5) is 0 Å². The lowest BCUT2D eigenvalue weighted by atomic mass is 9.46. The van der Waals surface area contributed by atoms with Gasteiger partial charge in [0.1, 0.15) is 6.10 Å². The number of rotatable bonds is 4. The van der Waals surface area contributed by atoms with E-state index in [0.717, 1.165) is 5.57 Å². The van der Waals surface area contributed by atoms with Crippen LogP contribution in [0.15, 0.2) is 12.2 Å². The number of carbonyl (C=O) groups is 3. The van der Waals surface area contributed by atoms with Gasteiger partial charge in [-0.3, -0.25) is 19.7 Å². The molecule has 0 radical (unpaired) electrons. The molecule has 1 aliphatic heterocycles. The minimum Gasteiger partial charge on any atom is -0.458 e. The Labute approximate surface area is 187 Å². The number of fused-ring (bicyclic) bond motifs is 1. The molecule has 3 rings (SSSR count). The molecule has 8 unspecified atom stereocenters. The average molecular weight is 460 g/mol. The maximum absolute atomic E-state index is 12.1. The van der Waals surface area contributed by atoms with Crippen LogP contribution >= 0.6 is 23.2 Å². The highest BCUT2D eigenvalue weighted by Crippen LogP contribution is 2.64. The Morgan fingerprint density at radius 2 is 1.97 bits per heavy atom. The fourth-order valence-electron chi connectivity index (χ4n) is 6.18. The molecule has 0 aromatic carbocycles. The number of hydrogen-bond donors (Lipinski definition) is 2. The smallest absolute Gasteiger partial charge is 0.303 e. The van der Waals surface area contributed by atoms with Gasteiger partial charge in [0.05, 0.1) is 22.8 Å². The molecule has 8 atom stereocenters. The first kappa shape index (κ1) is 23.6. The van der Waals surface area contributed by atoms with Crippen LogP contribution in [-0.4, -0.2) is 45.9 Å². The molecule has 1 heterocycles. The number of imide groups is 1. The molecule has 2 aliphatic carbocycles. The molecule has 0 spiro atoms. The normalized spacial score (nSPS) is 41.8. The Bertz CT molecular complexity index is 769. The van der Waals surface area contributed by atoms with Crippen LogP contribution in [-0.2, 0) is 19.1 Å². The summed E-state index contributed by atoms with van der Waals surface area (Å²) >= 11 is 13.4. The van der Waals surface area contributed by atoms with Crippen molar-refractivity contribution in [1.29, 1.82) is 0 Å². The molecule has 6 nitrogen and oxygen atoms in total. The van der Waals surface area contributed by atoms with Gasteiger partial charge in [0, 0.05) is 13.3 Å². The average Bonchev–Trinajstić information content (AvgIpc) is 2.97. The SMILES string of the molecule is C=C1C(OC(C)=O)CC2C(C)(C)C(Cl)C(Cl)CC2(C)C1CC(O)C1CC(=O)NC1=O. The Balaban J connectivity index is 1.96. The summed E-state index contributed by atoms with van der Waals surface area (Å²) < 4.78 is 5.60. The Morgan fingerprint density at radius 3 is 2.50 bits per heavy atom. The van der Waals surface area contributed by atoms with E-state index >= 15 is 0 Å². The topological polar surface area (TPSA) is 92.7 Å². The van der Waals surface area contributed by atoms with Crippen molar-refractivity contribution < 1.29 is 24.2 Å². The van der Waals surface area contributed by atoms with Gasteiger partial charge in [-0.15, -0.1) is 23.2 Å². The van der Waals surface area contributed by atoms with Gasteiger partial charge in [-0.1, -0.05) is 27.4 Å². The largest absolute Gasteiger partial charge is 0.458 e. The van der Waals surface area contributed by atoms with Gasteiger partial charge >= 0.3 is 5.97 Å². The van der Waals surface area contributed by atoms with Crippen LogP contribution in [0.1, 0.15) is 53.4 Å². The van der Waals surface area contributed by atoms with E-state index in [4.69, 9.17) is 27.9 Å². The maximum atomic E-state index is 12.1. The zero-order chi connectivity index (χ0) is 22.6. The lowest BCUT2D eigenvalue weighted by molar-refractivity contribution is -0.154. The minimum absolute atomic E-state index is 0.0277. The second-order valence-electron chi connectivity index (χ2n) is 9.99. The molecule has 2 amide bonds. The van der Waals surface area contributed by atoms with Gasteiger partial charge in [0.15, 0.2) is 0 Å². The molecule has 1 saturated heterocycles. The molecule has 8 heteroatoms. The first-order chi connectivity index (χ1) is 13.8. The van der Waals surface area contributed by atoms with E-state index in [-0.39, 0.29) is 52.2 Å². The number of amides is 2. The molecule has 2 saturated carbocycles. The highest BCUT2D eigenvalue weighted by atomic mass is 35.5. The van der Waals surface area contributed by atoms with Crippen LogP contribution in [0.25, 0.3) is 0 Å². The van der Waals surface area contributed by atoms with Crippen molar-refractivity contribution in [3.8, 4) is 0 Å². The number of nitrogens with one attached hydrogen (secondary N) is 1. The summed E-state index contributed by atoms with van der Waals surface area (Å²) in [6, 6.07) is 0. The highest BCUT2D eigenvalue weighted by Gasteiger charge is 2.61. The van der Waals surface area contributed by atoms with Crippen molar-refractivity contribution in [2.45, 2.75) is 76.3 Å². The first-order valence-electron chi connectivity index (χ1n) is 10.4. The molecule has 168 valence electrons. The third-order valence-electron chi connectivity index (χ3n) is 7.72. The van der Waals surface area contributed by atoms with Crippen LogP contribution < -0.4 is 5.32 Å². The fourth-order valence-corrected chi connectivity index (χ4v) is 7.08. The summed E-state index contributed by atoms with van der Waals surface area (Å²) in [6.45, 7) is 11.9. The van der Waals surface area contributed by atoms with Gasteiger partial charge in [0.25, 0.3) is 0 Å². The molecule has 3 fully saturated rings. The van der Waals surface area contributed by atoms with Gasteiger partial charge in [0.2, 0.25) is 11.8 Å². The number of aliphatic hydroxyl groups excluding tert-OH is 1. The van der Waals surface area contributed by atoms with E-state index < -0.39 is 30.0 Å². The summed E-state index contributed by atoms with van der Waals surface area (Å²) in [5.41, 5.74) is 0.0273. The summed E-state index contributed by atoms with van der Waals surface area (Å²) in [7, 11) is 0. The van der Waals surface area contributed by atoms with E-state index in [1.807, 2.05) is 0 Å². The van der Waals surface area contributed by atoms with Crippen molar-refractivity contribution in [2.24, 2.45) is 28.6 Å². The summed E-state index contributed by atoms with van der Waals surface area (Å²) in [5, 5.41) is 12.6. The van der Waals surface area contributed by atoms with Crippen LogP contribution in [0, 0.1) is 28.6 Å². The molecule has 2 N–H and O–H groups in total. The standard InChI is InChI=1S/C22H31Cl2NO5/c1-10-13(7-15(27)12-6-18(28)25-20(12)29)22(5)9-14(23)19(24)21(3,4)17(22)8-16(10)30-11(2)26/h12-17,19,27H,1,6-9H2,2-5H3,(H,25,28,29). The van der Waals surface area contributed by atoms with E-state index in [1.54, 1.807) is 0 Å². The monoisotopic (exact) mass is 459 g/mol. The van der Waals surface area contributed by atoms with Crippen LogP contribution in [0.2, 0.25) is 0 Å². The van der Waals surface area contributed by atoms with Crippen LogP contribution in [0.5, 0.6) is 0 Å². The second kappa shape index (κ2) is 8.10. The van der Waals surface area contributed by atoms with E-state index in [0.29, 0.717) is 12.8 Å². The van der Waals surface area contributed by atoms with E-state index in [2.05, 4.69) is 32.7 Å². The molecular formula is C22H31Cl2NO5. The molecule has 30 heavy (non-hydrogen) atoms. The Morgan fingerprint density at radius 1 is 1.33 bits per heavy atom. The number of carbonyl (C=O) groups excluding carboxylic acids is 3. The molecule has 3 aliphatic rings. The zero-order valence-electron chi connectivity index (χ0n) is 17.9. The maximum Gasteiger partial charge on any atom is 0.303 e. The summed E-state index contributed by atoms with van der Waals surface area (Å²) in [5.74, 6) is -2.19. The van der Waals surface area contributed by atoms with Crippen molar-refractivity contribution in [3.05, 3.63) is 12.2 Å². The fraction of sp³-hybridized carbons (Fsp3) is 0.773. The number of alkyl halides is 2. The third kappa shape index (κ3) is 3.91.